The number of rotatable bonds is 4. The molecule has 0 saturated carbocycles. The molecule has 0 bridgehead atoms. The summed E-state index contributed by atoms with van der Waals surface area (Å²) in [7, 11) is 0. The minimum atomic E-state index is 0.0439. The molecule has 0 atom stereocenters. The molecule has 0 aliphatic carbocycles. The lowest BCUT2D eigenvalue weighted by atomic mass is 10.2. The van der Waals surface area contributed by atoms with Crippen molar-refractivity contribution in [1.29, 1.82) is 0 Å². The molecule has 5 heteroatoms. The Labute approximate surface area is 159 Å². The molecule has 0 aromatic heterocycles. The fraction of sp³-hybridized carbons (Fsp3) is 0.333. The first-order chi connectivity index (χ1) is 12.5. The summed E-state index contributed by atoms with van der Waals surface area (Å²) in [5.41, 5.74) is 3.11. The maximum Gasteiger partial charge on any atom is 0.253 e. The van der Waals surface area contributed by atoms with Crippen molar-refractivity contribution >= 4 is 23.6 Å². The summed E-state index contributed by atoms with van der Waals surface area (Å²) >= 11 is 1.60. The summed E-state index contributed by atoms with van der Waals surface area (Å²) in [6.07, 6.45) is 0. The summed E-state index contributed by atoms with van der Waals surface area (Å²) in [4.78, 5) is 29.9. The number of carbonyl (C=O) groups excluding carboxylic acids is 2. The van der Waals surface area contributed by atoms with E-state index in [-0.39, 0.29) is 11.8 Å². The average molecular weight is 369 g/mol. The van der Waals surface area contributed by atoms with Gasteiger partial charge in [-0.1, -0.05) is 35.9 Å². The van der Waals surface area contributed by atoms with Crippen LogP contribution in [0.1, 0.15) is 21.5 Å². The Morgan fingerprint density at radius 2 is 1.58 bits per heavy atom. The fourth-order valence-electron chi connectivity index (χ4n) is 3.02. The van der Waals surface area contributed by atoms with E-state index in [1.54, 1.807) is 11.8 Å². The van der Waals surface area contributed by atoms with Crippen LogP contribution in [-0.2, 0) is 4.79 Å². The van der Waals surface area contributed by atoms with E-state index < -0.39 is 0 Å². The molecule has 0 unspecified atom stereocenters. The second-order valence-corrected chi connectivity index (χ2v) is 7.61. The molecule has 26 heavy (non-hydrogen) atoms. The third kappa shape index (κ3) is 4.47. The van der Waals surface area contributed by atoms with Gasteiger partial charge in [0.25, 0.3) is 5.91 Å². The van der Waals surface area contributed by atoms with E-state index in [4.69, 9.17) is 0 Å². The number of aryl methyl sites for hydroxylation is 2. The van der Waals surface area contributed by atoms with Crippen LogP contribution in [0.5, 0.6) is 0 Å². The molecule has 1 fully saturated rings. The van der Waals surface area contributed by atoms with Crippen LogP contribution in [0, 0.1) is 13.8 Å². The lowest BCUT2D eigenvalue weighted by Crippen LogP contribution is -2.51. The lowest BCUT2D eigenvalue weighted by molar-refractivity contribution is -0.129. The Kier molecular flexibility index (Phi) is 5.99. The Morgan fingerprint density at radius 3 is 2.27 bits per heavy atom. The molecule has 2 aromatic rings. The van der Waals surface area contributed by atoms with Gasteiger partial charge >= 0.3 is 0 Å². The van der Waals surface area contributed by atoms with Crippen LogP contribution in [0.25, 0.3) is 0 Å². The number of amides is 2. The Morgan fingerprint density at radius 1 is 0.923 bits per heavy atom. The highest BCUT2D eigenvalue weighted by Crippen LogP contribution is 2.24. The lowest BCUT2D eigenvalue weighted by Gasteiger charge is -2.34. The van der Waals surface area contributed by atoms with E-state index >= 15 is 0 Å². The van der Waals surface area contributed by atoms with E-state index in [9.17, 15) is 9.59 Å². The standard InChI is InChI=1S/C21H24N2O2S/c1-16-8-9-17(2)19(14-16)26-15-20(24)22-10-12-23(13-11-22)21(25)18-6-4-3-5-7-18/h3-9,14H,10-13,15H2,1-2H3. The molecule has 1 aliphatic rings. The van der Waals surface area contributed by atoms with Gasteiger partial charge in [0, 0.05) is 36.6 Å². The van der Waals surface area contributed by atoms with Gasteiger partial charge in [-0.3, -0.25) is 9.59 Å². The van der Waals surface area contributed by atoms with Gasteiger partial charge in [-0.05, 0) is 37.6 Å². The SMILES string of the molecule is Cc1ccc(C)c(SCC(=O)N2CCN(C(=O)c3ccccc3)CC2)c1. The summed E-state index contributed by atoms with van der Waals surface area (Å²) < 4.78 is 0. The van der Waals surface area contributed by atoms with Crippen molar-refractivity contribution in [3.8, 4) is 0 Å². The molecule has 0 N–H and O–H groups in total. The van der Waals surface area contributed by atoms with Gasteiger partial charge in [-0.15, -0.1) is 11.8 Å². The van der Waals surface area contributed by atoms with Crippen LogP contribution in [0.2, 0.25) is 0 Å². The predicted molar refractivity (Wildman–Crippen MR) is 106 cm³/mol. The molecule has 1 saturated heterocycles. The van der Waals surface area contributed by atoms with Crippen molar-refractivity contribution in [3.63, 3.8) is 0 Å². The second kappa shape index (κ2) is 8.41. The molecule has 2 aromatic carbocycles. The molecular weight excluding hydrogens is 344 g/mol. The monoisotopic (exact) mass is 368 g/mol. The summed E-state index contributed by atoms with van der Waals surface area (Å²) in [5.74, 6) is 0.627. The van der Waals surface area contributed by atoms with E-state index in [1.807, 2.05) is 40.1 Å². The number of hydrogen-bond donors (Lipinski definition) is 0. The number of carbonyl (C=O) groups is 2. The van der Waals surface area contributed by atoms with E-state index in [1.165, 1.54) is 11.1 Å². The second-order valence-electron chi connectivity index (χ2n) is 6.60. The summed E-state index contributed by atoms with van der Waals surface area (Å²) in [6.45, 7) is 6.52. The Hall–Kier alpha value is -2.27. The van der Waals surface area contributed by atoms with Crippen LogP contribution in [-0.4, -0.2) is 53.5 Å². The van der Waals surface area contributed by atoms with Crippen molar-refractivity contribution in [2.45, 2.75) is 18.7 Å². The van der Waals surface area contributed by atoms with Crippen molar-refractivity contribution in [2.24, 2.45) is 0 Å². The van der Waals surface area contributed by atoms with Gasteiger partial charge in [0.2, 0.25) is 5.91 Å². The highest BCUT2D eigenvalue weighted by molar-refractivity contribution is 8.00. The average Bonchev–Trinajstić information content (AvgIpc) is 2.68. The smallest absolute Gasteiger partial charge is 0.253 e. The van der Waals surface area contributed by atoms with Crippen molar-refractivity contribution in [3.05, 3.63) is 65.2 Å². The predicted octanol–water partition coefficient (Wildman–Crippen LogP) is 3.38. The normalized spacial score (nSPS) is 14.4. The first-order valence-electron chi connectivity index (χ1n) is 8.87. The maximum absolute atomic E-state index is 12.5. The maximum atomic E-state index is 12.5. The van der Waals surface area contributed by atoms with Crippen LogP contribution in [0.3, 0.4) is 0 Å². The van der Waals surface area contributed by atoms with Gasteiger partial charge in [-0.25, -0.2) is 0 Å². The number of nitrogens with zero attached hydrogens (tertiary/aromatic N) is 2. The van der Waals surface area contributed by atoms with Crippen molar-refractivity contribution in [1.82, 2.24) is 9.80 Å². The minimum Gasteiger partial charge on any atom is -0.338 e. The minimum absolute atomic E-state index is 0.0439. The van der Waals surface area contributed by atoms with Crippen LogP contribution in [0.4, 0.5) is 0 Å². The fourth-order valence-corrected chi connectivity index (χ4v) is 4.04. The highest BCUT2D eigenvalue weighted by Gasteiger charge is 2.24. The molecule has 0 spiro atoms. The van der Waals surface area contributed by atoms with Gasteiger partial charge in [0.05, 0.1) is 5.75 Å². The zero-order chi connectivity index (χ0) is 18.5. The highest BCUT2D eigenvalue weighted by atomic mass is 32.2. The molecule has 1 aliphatic heterocycles. The first-order valence-corrected chi connectivity index (χ1v) is 9.85. The zero-order valence-electron chi connectivity index (χ0n) is 15.3. The number of thioether (sulfide) groups is 1. The number of piperazine rings is 1. The molecule has 1 heterocycles. The van der Waals surface area contributed by atoms with E-state index in [2.05, 4.69) is 32.0 Å². The van der Waals surface area contributed by atoms with Gasteiger partial charge in [0.15, 0.2) is 0 Å². The molecule has 4 nitrogen and oxygen atoms in total. The van der Waals surface area contributed by atoms with Crippen molar-refractivity contribution < 1.29 is 9.59 Å². The van der Waals surface area contributed by atoms with Crippen molar-refractivity contribution in [2.75, 3.05) is 31.9 Å². The quantitative estimate of drug-likeness (QED) is 0.777. The van der Waals surface area contributed by atoms with E-state index in [0.29, 0.717) is 37.5 Å². The van der Waals surface area contributed by atoms with Crippen LogP contribution >= 0.6 is 11.8 Å². The summed E-state index contributed by atoms with van der Waals surface area (Å²) in [5, 5.41) is 0. The Balaban J connectivity index is 1.50. The third-order valence-electron chi connectivity index (χ3n) is 4.64. The first kappa shape index (κ1) is 18.5. The molecular formula is C21H24N2O2S. The van der Waals surface area contributed by atoms with E-state index in [0.717, 1.165) is 4.90 Å². The summed E-state index contributed by atoms with van der Waals surface area (Å²) in [6, 6.07) is 15.6. The zero-order valence-corrected chi connectivity index (χ0v) is 16.1. The molecule has 3 rings (SSSR count). The largest absolute Gasteiger partial charge is 0.338 e. The number of benzene rings is 2. The van der Waals surface area contributed by atoms with Gasteiger partial charge in [0.1, 0.15) is 0 Å². The van der Waals surface area contributed by atoms with Crippen LogP contribution in [0.15, 0.2) is 53.4 Å². The Bertz CT molecular complexity index is 784. The molecule has 0 radical (unpaired) electrons. The van der Waals surface area contributed by atoms with Crippen LogP contribution < -0.4 is 0 Å². The van der Waals surface area contributed by atoms with Gasteiger partial charge < -0.3 is 9.80 Å². The third-order valence-corrected chi connectivity index (χ3v) is 5.78. The number of hydrogen-bond acceptors (Lipinski definition) is 3. The molecule has 136 valence electrons. The topological polar surface area (TPSA) is 40.6 Å². The van der Waals surface area contributed by atoms with Gasteiger partial charge in [-0.2, -0.15) is 0 Å². The molecule has 2 amide bonds.